The second-order valence-electron chi connectivity index (χ2n) is 11.0. The Hall–Kier alpha value is -5.36. The molecule has 6 aromatic carbocycles. The summed E-state index contributed by atoms with van der Waals surface area (Å²) in [5.74, 6) is 1.83. The van der Waals surface area contributed by atoms with E-state index in [0.717, 1.165) is 38.8 Å². The average Bonchev–Trinajstić information content (AvgIpc) is 3.63. The van der Waals surface area contributed by atoms with E-state index in [0.29, 0.717) is 22.5 Å². The zero-order valence-corrected chi connectivity index (χ0v) is 25.4. The van der Waals surface area contributed by atoms with Gasteiger partial charge in [-0.1, -0.05) is 90.5 Å². The van der Waals surface area contributed by atoms with E-state index in [1.165, 1.54) is 25.6 Å². The Labute approximate surface area is 267 Å². The first-order chi connectivity index (χ1) is 22.2. The van der Waals surface area contributed by atoms with Crippen molar-refractivity contribution in [3.05, 3.63) is 145 Å². The predicted molar refractivity (Wildman–Crippen MR) is 188 cm³/mol. The van der Waals surface area contributed by atoms with Crippen LogP contribution in [0.15, 0.2) is 140 Å². The van der Waals surface area contributed by atoms with Crippen molar-refractivity contribution in [1.29, 1.82) is 0 Å². The van der Waals surface area contributed by atoms with Crippen LogP contribution >= 0.6 is 22.9 Å². The summed E-state index contributed by atoms with van der Waals surface area (Å²) in [7, 11) is 0. The van der Waals surface area contributed by atoms with Crippen molar-refractivity contribution < 1.29 is 0 Å². The van der Waals surface area contributed by atoms with Crippen LogP contribution in [0.1, 0.15) is 0 Å². The molecule has 3 heterocycles. The van der Waals surface area contributed by atoms with Crippen LogP contribution in [0.4, 0.5) is 0 Å². The fraction of sp³-hybridized carbons (Fsp3) is 0. The van der Waals surface area contributed by atoms with Crippen molar-refractivity contribution in [3.63, 3.8) is 0 Å². The van der Waals surface area contributed by atoms with Gasteiger partial charge in [-0.3, -0.25) is 0 Å². The number of benzene rings is 6. The number of hydrogen-bond acceptors (Lipinski definition) is 4. The van der Waals surface area contributed by atoms with Gasteiger partial charge in [0.15, 0.2) is 17.5 Å². The first kappa shape index (κ1) is 26.1. The number of para-hydroxylation sites is 2. The number of thiophene rings is 1. The normalized spacial score (nSPS) is 11.7. The maximum absolute atomic E-state index is 6.41. The average molecular weight is 615 g/mol. The smallest absolute Gasteiger partial charge is 0.164 e. The van der Waals surface area contributed by atoms with Crippen molar-refractivity contribution in [1.82, 2.24) is 19.5 Å². The van der Waals surface area contributed by atoms with Crippen molar-refractivity contribution in [3.8, 4) is 39.9 Å². The van der Waals surface area contributed by atoms with Gasteiger partial charge < -0.3 is 4.57 Å². The molecule has 4 nitrogen and oxygen atoms in total. The minimum atomic E-state index is 0.584. The number of hydrogen-bond donors (Lipinski definition) is 0. The zero-order valence-electron chi connectivity index (χ0n) is 23.9. The monoisotopic (exact) mass is 614 g/mol. The standard InChI is InChI=1S/C39H23ClN4S/c40-27-10-8-9-24(21-27)37-41-38(43-39(42-37)26-17-19-31-30-14-5-7-16-35(30)45-36(31)23-26)25-18-20-34-32(22-25)29-13-4-6-15-33(29)44(34)28-11-2-1-3-12-28/h1-23H. The number of aromatic nitrogens is 4. The zero-order chi connectivity index (χ0) is 29.9. The largest absolute Gasteiger partial charge is 0.309 e. The third-order valence-electron chi connectivity index (χ3n) is 8.30. The van der Waals surface area contributed by atoms with Gasteiger partial charge in [0, 0.05) is 58.3 Å². The van der Waals surface area contributed by atoms with Gasteiger partial charge in [-0.25, -0.2) is 15.0 Å². The van der Waals surface area contributed by atoms with Crippen LogP contribution < -0.4 is 0 Å². The molecule has 0 amide bonds. The minimum absolute atomic E-state index is 0.584. The molecule has 0 aliphatic carbocycles. The molecule has 0 fully saturated rings. The maximum atomic E-state index is 6.41. The molecule has 6 heteroatoms. The highest BCUT2D eigenvalue weighted by atomic mass is 35.5. The van der Waals surface area contributed by atoms with Gasteiger partial charge in [0.25, 0.3) is 0 Å². The summed E-state index contributed by atoms with van der Waals surface area (Å²) in [5, 5.41) is 5.47. The van der Waals surface area contributed by atoms with Gasteiger partial charge in [0.05, 0.1) is 11.0 Å². The Morgan fingerprint density at radius 3 is 1.87 bits per heavy atom. The fourth-order valence-electron chi connectivity index (χ4n) is 6.22. The Balaban J connectivity index is 1.26. The van der Waals surface area contributed by atoms with Gasteiger partial charge in [0.1, 0.15) is 0 Å². The van der Waals surface area contributed by atoms with Crippen LogP contribution in [-0.4, -0.2) is 19.5 Å². The van der Waals surface area contributed by atoms with Crippen molar-refractivity contribution in [2.75, 3.05) is 0 Å². The molecule has 3 aromatic heterocycles. The van der Waals surface area contributed by atoms with Gasteiger partial charge in [-0.05, 0) is 60.7 Å². The van der Waals surface area contributed by atoms with Crippen molar-refractivity contribution >= 4 is 64.9 Å². The summed E-state index contributed by atoms with van der Waals surface area (Å²) in [6.45, 7) is 0. The van der Waals surface area contributed by atoms with Crippen LogP contribution in [0.3, 0.4) is 0 Å². The lowest BCUT2D eigenvalue weighted by Gasteiger charge is -2.10. The van der Waals surface area contributed by atoms with Gasteiger partial charge in [-0.2, -0.15) is 0 Å². The molecule has 0 radical (unpaired) electrons. The molecule has 0 bridgehead atoms. The van der Waals surface area contributed by atoms with Crippen LogP contribution in [0.2, 0.25) is 5.02 Å². The molecule has 0 spiro atoms. The topological polar surface area (TPSA) is 43.6 Å². The third kappa shape index (κ3) is 4.40. The van der Waals surface area contributed by atoms with E-state index in [-0.39, 0.29) is 0 Å². The Kier molecular flexibility index (Phi) is 6.01. The summed E-state index contributed by atoms with van der Waals surface area (Å²) in [6, 6.07) is 48.2. The highest BCUT2D eigenvalue weighted by molar-refractivity contribution is 7.25. The van der Waals surface area contributed by atoms with Crippen LogP contribution in [-0.2, 0) is 0 Å². The first-order valence-electron chi connectivity index (χ1n) is 14.7. The quantitative estimate of drug-likeness (QED) is 0.198. The van der Waals surface area contributed by atoms with Crippen LogP contribution in [0.5, 0.6) is 0 Å². The van der Waals surface area contributed by atoms with Gasteiger partial charge in [0.2, 0.25) is 0 Å². The Bertz CT molecular complexity index is 2570. The molecule has 0 N–H and O–H groups in total. The number of fused-ring (bicyclic) bond motifs is 6. The maximum Gasteiger partial charge on any atom is 0.164 e. The fourth-order valence-corrected chi connectivity index (χ4v) is 7.56. The molecule has 9 rings (SSSR count). The molecule has 45 heavy (non-hydrogen) atoms. The second-order valence-corrected chi connectivity index (χ2v) is 12.6. The van der Waals surface area contributed by atoms with E-state index in [9.17, 15) is 0 Å². The third-order valence-corrected chi connectivity index (χ3v) is 9.67. The lowest BCUT2D eigenvalue weighted by atomic mass is 10.1. The number of nitrogens with zero attached hydrogens (tertiary/aromatic N) is 4. The Morgan fingerprint density at radius 2 is 1.07 bits per heavy atom. The minimum Gasteiger partial charge on any atom is -0.309 e. The molecule has 212 valence electrons. The van der Waals surface area contributed by atoms with Gasteiger partial charge in [-0.15, -0.1) is 11.3 Å². The summed E-state index contributed by atoms with van der Waals surface area (Å²) < 4.78 is 4.78. The van der Waals surface area contributed by atoms with E-state index >= 15 is 0 Å². The van der Waals surface area contributed by atoms with Gasteiger partial charge >= 0.3 is 0 Å². The number of halogens is 1. The molecule has 0 saturated carbocycles. The summed E-state index contributed by atoms with van der Waals surface area (Å²) in [5.41, 5.74) is 6.13. The molecule has 0 aliphatic rings. The SMILES string of the molecule is Clc1cccc(-c2nc(-c3ccc4c(c3)sc3ccccc34)nc(-c3ccc4c(c3)c3ccccc3n4-c3ccccc3)n2)c1. The van der Waals surface area contributed by atoms with E-state index in [1.807, 2.05) is 30.3 Å². The molecular formula is C39H23ClN4S. The van der Waals surface area contributed by atoms with E-state index < -0.39 is 0 Å². The highest BCUT2D eigenvalue weighted by Crippen LogP contribution is 2.37. The van der Waals surface area contributed by atoms with E-state index in [4.69, 9.17) is 26.6 Å². The van der Waals surface area contributed by atoms with Crippen molar-refractivity contribution in [2.24, 2.45) is 0 Å². The summed E-state index contributed by atoms with van der Waals surface area (Å²) in [6.07, 6.45) is 0. The first-order valence-corrected chi connectivity index (χ1v) is 15.9. The molecule has 0 aliphatic heterocycles. The molecule has 0 unspecified atom stereocenters. The lowest BCUT2D eigenvalue weighted by molar-refractivity contribution is 1.07. The number of rotatable bonds is 4. The summed E-state index contributed by atoms with van der Waals surface area (Å²) in [4.78, 5) is 15.1. The van der Waals surface area contributed by atoms with Crippen LogP contribution in [0, 0.1) is 0 Å². The summed E-state index contributed by atoms with van der Waals surface area (Å²) >= 11 is 8.20. The van der Waals surface area contributed by atoms with Crippen molar-refractivity contribution in [2.45, 2.75) is 0 Å². The molecule has 0 atom stereocenters. The molecule has 9 aromatic rings. The molecule has 0 saturated heterocycles. The lowest BCUT2D eigenvalue weighted by Crippen LogP contribution is -2.00. The van der Waals surface area contributed by atoms with E-state index in [2.05, 4.69) is 114 Å². The second kappa shape index (κ2) is 10.4. The highest BCUT2D eigenvalue weighted by Gasteiger charge is 2.17. The predicted octanol–water partition coefficient (Wildman–Crippen LogP) is 11.0. The van der Waals surface area contributed by atoms with Crippen LogP contribution in [0.25, 0.3) is 81.8 Å². The Morgan fingerprint density at radius 1 is 0.444 bits per heavy atom. The van der Waals surface area contributed by atoms with E-state index in [1.54, 1.807) is 11.3 Å². The molecular weight excluding hydrogens is 592 g/mol.